The number of fused-ring (bicyclic) bond motifs is 1. The molecular weight excluding hydrogens is 232 g/mol. The fourth-order valence-corrected chi connectivity index (χ4v) is 3.22. The van der Waals surface area contributed by atoms with Crippen LogP contribution in [0.4, 0.5) is 0 Å². The van der Waals surface area contributed by atoms with Gasteiger partial charge in [0.05, 0.1) is 11.4 Å². The van der Waals surface area contributed by atoms with Crippen molar-refractivity contribution in [3.63, 3.8) is 0 Å². The Morgan fingerprint density at radius 1 is 1.12 bits per heavy atom. The van der Waals surface area contributed by atoms with Gasteiger partial charge in [-0.1, -0.05) is 36.0 Å². The maximum atomic E-state index is 10.1. The van der Waals surface area contributed by atoms with Gasteiger partial charge in [-0.25, -0.2) is 9.97 Å². The Hall–Kier alpha value is -1.39. The van der Waals surface area contributed by atoms with Crippen LogP contribution in [0.2, 0.25) is 0 Å². The molecule has 0 bridgehead atoms. The Morgan fingerprint density at radius 3 is 2.71 bits per heavy atom. The molecular formula is C13H12N2OS. The average molecular weight is 244 g/mol. The summed E-state index contributed by atoms with van der Waals surface area (Å²) < 4.78 is 0. The van der Waals surface area contributed by atoms with Crippen molar-refractivity contribution >= 4 is 11.8 Å². The summed E-state index contributed by atoms with van der Waals surface area (Å²) in [7, 11) is 0. The molecule has 3 nitrogen and oxygen atoms in total. The van der Waals surface area contributed by atoms with Crippen molar-refractivity contribution in [3.8, 4) is 0 Å². The van der Waals surface area contributed by atoms with Gasteiger partial charge in [0.15, 0.2) is 5.16 Å². The van der Waals surface area contributed by atoms with E-state index in [1.165, 1.54) is 22.9 Å². The number of hydrogen-bond acceptors (Lipinski definition) is 4. The minimum absolute atomic E-state index is 0.0496. The van der Waals surface area contributed by atoms with Crippen LogP contribution in [0.25, 0.3) is 0 Å². The Kier molecular flexibility index (Phi) is 2.82. The summed E-state index contributed by atoms with van der Waals surface area (Å²) in [6, 6.07) is 9.97. The van der Waals surface area contributed by atoms with E-state index in [2.05, 4.69) is 22.1 Å². The molecule has 1 aromatic heterocycles. The fraction of sp³-hybridized carbons (Fsp3) is 0.231. The molecule has 17 heavy (non-hydrogen) atoms. The van der Waals surface area contributed by atoms with Gasteiger partial charge in [0.2, 0.25) is 0 Å². The first kappa shape index (κ1) is 10.7. The minimum atomic E-state index is -0.346. The van der Waals surface area contributed by atoms with E-state index in [1.54, 1.807) is 18.5 Å². The zero-order valence-corrected chi connectivity index (χ0v) is 9.97. The third-order valence-corrected chi connectivity index (χ3v) is 4.16. The predicted octanol–water partition coefficient (Wildman–Crippen LogP) is 2.23. The van der Waals surface area contributed by atoms with Gasteiger partial charge >= 0.3 is 0 Å². The summed E-state index contributed by atoms with van der Waals surface area (Å²) in [5, 5.41) is 10.9. The molecule has 2 aromatic rings. The number of aromatic nitrogens is 2. The van der Waals surface area contributed by atoms with Crippen LogP contribution in [0.5, 0.6) is 0 Å². The molecule has 0 fully saturated rings. The Balaban J connectivity index is 1.89. The van der Waals surface area contributed by atoms with Crippen molar-refractivity contribution in [1.29, 1.82) is 0 Å². The van der Waals surface area contributed by atoms with Crippen molar-refractivity contribution < 1.29 is 5.11 Å². The third-order valence-electron chi connectivity index (χ3n) is 2.91. The van der Waals surface area contributed by atoms with E-state index in [4.69, 9.17) is 0 Å². The van der Waals surface area contributed by atoms with Gasteiger partial charge < -0.3 is 5.11 Å². The number of rotatable bonds is 2. The highest BCUT2D eigenvalue weighted by atomic mass is 32.2. The van der Waals surface area contributed by atoms with Gasteiger partial charge in [-0.05, 0) is 17.2 Å². The molecule has 0 radical (unpaired) electrons. The summed E-state index contributed by atoms with van der Waals surface area (Å²) in [5.41, 5.74) is 2.44. The summed E-state index contributed by atoms with van der Waals surface area (Å²) in [5.74, 6) is 0. The van der Waals surface area contributed by atoms with Gasteiger partial charge in [-0.15, -0.1) is 0 Å². The zero-order valence-electron chi connectivity index (χ0n) is 9.15. The molecule has 3 rings (SSSR count). The average Bonchev–Trinajstić information content (AvgIpc) is 2.68. The molecule has 2 atom stereocenters. The second kappa shape index (κ2) is 4.47. The first-order valence-electron chi connectivity index (χ1n) is 5.54. The predicted molar refractivity (Wildman–Crippen MR) is 66.8 cm³/mol. The molecule has 86 valence electrons. The molecule has 0 unspecified atom stereocenters. The smallest absolute Gasteiger partial charge is 0.188 e. The molecule has 4 heteroatoms. The minimum Gasteiger partial charge on any atom is -0.391 e. The lowest BCUT2D eigenvalue weighted by Crippen LogP contribution is -2.10. The van der Waals surface area contributed by atoms with E-state index >= 15 is 0 Å². The topological polar surface area (TPSA) is 46.0 Å². The molecule has 1 aromatic carbocycles. The third kappa shape index (κ3) is 2.06. The lowest BCUT2D eigenvalue weighted by Gasteiger charge is -2.13. The number of thioether (sulfide) groups is 1. The van der Waals surface area contributed by atoms with E-state index in [9.17, 15) is 5.11 Å². The lowest BCUT2D eigenvalue weighted by atomic mass is 10.1. The van der Waals surface area contributed by atoms with Crippen LogP contribution in [0.15, 0.2) is 47.9 Å². The molecule has 0 saturated heterocycles. The lowest BCUT2D eigenvalue weighted by molar-refractivity contribution is 0.184. The van der Waals surface area contributed by atoms with Gasteiger partial charge in [-0.3, -0.25) is 0 Å². The first-order chi connectivity index (χ1) is 8.34. The Labute approximate surface area is 104 Å². The zero-order chi connectivity index (χ0) is 11.7. The van der Waals surface area contributed by atoms with Crippen molar-refractivity contribution in [1.82, 2.24) is 9.97 Å². The molecule has 0 aliphatic heterocycles. The molecule has 1 heterocycles. The Bertz CT molecular complexity index is 518. The van der Waals surface area contributed by atoms with Crippen LogP contribution in [0.3, 0.4) is 0 Å². The Morgan fingerprint density at radius 2 is 1.88 bits per heavy atom. The van der Waals surface area contributed by atoms with Crippen molar-refractivity contribution in [2.45, 2.75) is 22.9 Å². The molecule has 1 N–H and O–H groups in total. The summed E-state index contributed by atoms with van der Waals surface area (Å²) in [6.45, 7) is 0. The molecule has 1 aliphatic rings. The molecule has 0 saturated carbocycles. The van der Waals surface area contributed by atoms with E-state index in [-0.39, 0.29) is 11.4 Å². The normalized spacial score (nSPS) is 22.4. The van der Waals surface area contributed by atoms with E-state index in [0.29, 0.717) is 5.16 Å². The second-order valence-corrected chi connectivity index (χ2v) is 5.15. The highest BCUT2D eigenvalue weighted by molar-refractivity contribution is 7.99. The van der Waals surface area contributed by atoms with Gasteiger partial charge in [0.25, 0.3) is 0 Å². The van der Waals surface area contributed by atoms with Crippen LogP contribution in [0.1, 0.15) is 16.4 Å². The van der Waals surface area contributed by atoms with E-state index < -0.39 is 0 Å². The standard InChI is InChI=1S/C13H12N2OS/c16-11-8-9-4-1-2-5-10(9)12(11)17-13-14-6-3-7-15-13/h1-7,11-12,16H,8H2/t11-,12+/m1/s1. The quantitative estimate of drug-likeness (QED) is 0.823. The number of aliphatic hydroxyl groups is 1. The highest BCUT2D eigenvalue weighted by Gasteiger charge is 2.32. The van der Waals surface area contributed by atoms with Crippen LogP contribution >= 0.6 is 11.8 Å². The van der Waals surface area contributed by atoms with E-state index in [1.807, 2.05) is 12.1 Å². The molecule has 0 spiro atoms. The van der Waals surface area contributed by atoms with Gasteiger partial charge in [0.1, 0.15) is 0 Å². The first-order valence-corrected chi connectivity index (χ1v) is 6.42. The number of nitrogens with zero attached hydrogens (tertiary/aromatic N) is 2. The molecule has 0 amide bonds. The number of benzene rings is 1. The van der Waals surface area contributed by atoms with Gasteiger partial charge in [0, 0.05) is 18.8 Å². The van der Waals surface area contributed by atoms with Crippen molar-refractivity contribution in [3.05, 3.63) is 53.9 Å². The van der Waals surface area contributed by atoms with Gasteiger partial charge in [-0.2, -0.15) is 0 Å². The van der Waals surface area contributed by atoms with Crippen LogP contribution in [0, 0.1) is 0 Å². The monoisotopic (exact) mass is 244 g/mol. The maximum absolute atomic E-state index is 10.1. The number of aliphatic hydroxyl groups excluding tert-OH is 1. The van der Waals surface area contributed by atoms with Crippen LogP contribution in [-0.2, 0) is 6.42 Å². The maximum Gasteiger partial charge on any atom is 0.188 e. The second-order valence-electron chi connectivity index (χ2n) is 4.04. The van der Waals surface area contributed by atoms with Crippen molar-refractivity contribution in [2.24, 2.45) is 0 Å². The summed E-state index contributed by atoms with van der Waals surface area (Å²) in [6.07, 6.45) is 3.83. The molecule has 1 aliphatic carbocycles. The fourth-order valence-electron chi connectivity index (χ4n) is 2.14. The number of hydrogen-bond donors (Lipinski definition) is 1. The highest BCUT2D eigenvalue weighted by Crippen LogP contribution is 2.43. The van der Waals surface area contributed by atoms with E-state index in [0.717, 1.165) is 6.42 Å². The van der Waals surface area contributed by atoms with Crippen molar-refractivity contribution in [2.75, 3.05) is 0 Å². The summed E-state index contributed by atoms with van der Waals surface area (Å²) >= 11 is 1.53. The largest absolute Gasteiger partial charge is 0.391 e. The van der Waals surface area contributed by atoms with Crippen LogP contribution in [-0.4, -0.2) is 21.2 Å². The van der Waals surface area contributed by atoms with Crippen LogP contribution < -0.4 is 0 Å². The SMILES string of the molecule is O[C@@H]1Cc2ccccc2[C@@H]1Sc1ncccn1. The summed E-state index contributed by atoms with van der Waals surface area (Å²) in [4.78, 5) is 8.38.